The zero-order valence-electron chi connectivity index (χ0n) is 7.86. The van der Waals surface area contributed by atoms with Crippen molar-refractivity contribution in [1.29, 1.82) is 0 Å². The van der Waals surface area contributed by atoms with Crippen LogP contribution in [-0.4, -0.2) is 36.5 Å². The lowest BCUT2D eigenvalue weighted by atomic mass is 10.2. The molecule has 1 aliphatic rings. The molecule has 4 nitrogen and oxygen atoms in total. The highest BCUT2D eigenvalue weighted by molar-refractivity contribution is 5.76. The van der Waals surface area contributed by atoms with Crippen LogP contribution in [0.2, 0.25) is 0 Å². The molecule has 4 heteroatoms. The highest BCUT2D eigenvalue weighted by Crippen LogP contribution is 2.17. The fraction of sp³-hybridized carbons (Fsp3) is 0.889. The van der Waals surface area contributed by atoms with Crippen LogP contribution in [0.1, 0.15) is 26.2 Å². The van der Waals surface area contributed by atoms with Crippen LogP contribution in [0.4, 0.5) is 0 Å². The Morgan fingerprint density at radius 1 is 1.69 bits per heavy atom. The summed E-state index contributed by atoms with van der Waals surface area (Å²) in [5.41, 5.74) is 0. The Bertz CT molecular complexity index is 169. The van der Waals surface area contributed by atoms with E-state index >= 15 is 0 Å². The summed E-state index contributed by atoms with van der Waals surface area (Å²) in [6.45, 7) is 2.54. The third-order valence-corrected chi connectivity index (χ3v) is 2.04. The van der Waals surface area contributed by atoms with E-state index in [-0.39, 0.29) is 18.7 Å². The van der Waals surface area contributed by atoms with Crippen LogP contribution in [-0.2, 0) is 14.3 Å². The monoisotopic (exact) mass is 188 g/mol. The number of cyclic esters (lactones) is 1. The first-order valence-corrected chi connectivity index (χ1v) is 4.71. The quantitative estimate of drug-likeness (QED) is 0.503. The van der Waals surface area contributed by atoms with Gasteiger partial charge in [0.2, 0.25) is 0 Å². The molecule has 0 aliphatic carbocycles. The van der Waals surface area contributed by atoms with Crippen LogP contribution in [0, 0.1) is 0 Å². The van der Waals surface area contributed by atoms with Crippen molar-refractivity contribution in [2.45, 2.75) is 38.4 Å². The summed E-state index contributed by atoms with van der Waals surface area (Å²) in [6.07, 6.45) is 1.67. The predicted octanol–water partition coefficient (Wildman–Crippen LogP) is 0.480. The van der Waals surface area contributed by atoms with Crippen molar-refractivity contribution in [2.75, 3.05) is 13.2 Å². The summed E-state index contributed by atoms with van der Waals surface area (Å²) in [4.78, 5) is 11.1. The van der Waals surface area contributed by atoms with Crippen molar-refractivity contribution < 1.29 is 19.4 Å². The highest BCUT2D eigenvalue weighted by atomic mass is 16.6. The smallest absolute Gasteiger partial charge is 0.335 e. The number of rotatable bonds is 5. The van der Waals surface area contributed by atoms with Crippen LogP contribution in [0.25, 0.3) is 0 Å². The van der Waals surface area contributed by atoms with Crippen LogP contribution >= 0.6 is 0 Å². The van der Waals surface area contributed by atoms with E-state index in [0.717, 1.165) is 12.8 Å². The first-order valence-electron chi connectivity index (χ1n) is 4.71. The van der Waals surface area contributed by atoms with Crippen molar-refractivity contribution >= 4 is 5.97 Å². The van der Waals surface area contributed by atoms with Gasteiger partial charge in [-0.15, -0.1) is 0 Å². The van der Waals surface area contributed by atoms with E-state index in [2.05, 4.69) is 6.92 Å². The summed E-state index contributed by atoms with van der Waals surface area (Å²) in [6, 6.07) is 0. The molecule has 1 aliphatic heterocycles. The molecule has 0 spiro atoms. The Labute approximate surface area is 77.8 Å². The second kappa shape index (κ2) is 5.19. The average molecular weight is 188 g/mol. The minimum atomic E-state index is -0.455. The Morgan fingerprint density at radius 2 is 2.46 bits per heavy atom. The maximum absolute atomic E-state index is 11.1. The first-order chi connectivity index (χ1) is 6.27. The molecule has 2 atom stereocenters. The molecular formula is C9H16O4. The second-order valence-corrected chi connectivity index (χ2v) is 3.19. The van der Waals surface area contributed by atoms with Gasteiger partial charge in [0.1, 0.15) is 6.10 Å². The lowest BCUT2D eigenvalue weighted by Gasteiger charge is -2.06. The normalized spacial score (nSPS) is 27.7. The minimum absolute atomic E-state index is 0.112. The molecule has 0 bridgehead atoms. The summed E-state index contributed by atoms with van der Waals surface area (Å²) < 4.78 is 10.1. The number of unbranched alkanes of at least 4 members (excludes halogenated alkanes) is 1. The van der Waals surface area contributed by atoms with Gasteiger partial charge >= 0.3 is 5.97 Å². The number of esters is 1. The molecule has 0 aromatic rings. The Balaban J connectivity index is 2.23. The molecule has 1 fully saturated rings. The van der Waals surface area contributed by atoms with E-state index in [9.17, 15) is 4.79 Å². The van der Waals surface area contributed by atoms with Crippen LogP contribution < -0.4 is 0 Å². The third-order valence-electron chi connectivity index (χ3n) is 2.04. The minimum Gasteiger partial charge on any atom is -0.458 e. The molecule has 0 radical (unpaired) electrons. The summed E-state index contributed by atoms with van der Waals surface area (Å²) in [7, 11) is 0. The molecular weight excluding hydrogens is 172 g/mol. The summed E-state index contributed by atoms with van der Waals surface area (Å²) in [5, 5.41) is 8.74. The van der Waals surface area contributed by atoms with E-state index in [1.54, 1.807) is 0 Å². The van der Waals surface area contributed by atoms with E-state index in [0.29, 0.717) is 13.0 Å². The maximum Gasteiger partial charge on any atom is 0.335 e. The molecule has 76 valence electrons. The highest BCUT2D eigenvalue weighted by Gasteiger charge is 2.34. The van der Waals surface area contributed by atoms with Gasteiger partial charge < -0.3 is 14.6 Å². The van der Waals surface area contributed by atoms with E-state index in [4.69, 9.17) is 14.6 Å². The van der Waals surface area contributed by atoms with Crippen molar-refractivity contribution in [2.24, 2.45) is 0 Å². The molecule has 0 saturated carbocycles. The van der Waals surface area contributed by atoms with Gasteiger partial charge in [-0.05, 0) is 6.42 Å². The standard InChI is InChI=1S/C9H16O4/c1-2-3-4-12-8-5-7(6-10)13-9(8)11/h7-8,10H,2-6H2,1H3/t7-,8+/m0/s1. The van der Waals surface area contributed by atoms with Crippen molar-refractivity contribution in [3.8, 4) is 0 Å². The van der Waals surface area contributed by atoms with E-state index in [1.807, 2.05) is 0 Å². The summed E-state index contributed by atoms with van der Waals surface area (Å²) >= 11 is 0. The van der Waals surface area contributed by atoms with Gasteiger partial charge in [-0.2, -0.15) is 0 Å². The molecule has 0 aromatic carbocycles. The number of carbonyl (C=O) groups is 1. The van der Waals surface area contributed by atoms with Gasteiger partial charge in [0.15, 0.2) is 6.10 Å². The molecule has 13 heavy (non-hydrogen) atoms. The molecule has 1 N–H and O–H groups in total. The largest absolute Gasteiger partial charge is 0.458 e. The number of aliphatic hydroxyl groups excluding tert-OH is 1. The van der Waals surface area contributed by atoms with Gasteiger partial charge in [-0.1, -0.05) is 13.3 Å². The number of hydrogen-bond acceptors (Lipinski definition) is 4. The third kappa shape index (κ3) is 2.97. The molecule has 1 rings (SSSR count). The van der Waals surface area contributed by atoms with E-state index in [1.165, 1.54) is 0 Å². The summed E-state index contributed by atoms with van der Waals surface area (Å²) in [5.74, 6) is -0.338. The Kier molecular flexibility index (Phi) is 4.18. The van der Waals surface area contributed by atoms with Gasteiger partial charge in [0.05, 0.1) is 6.61 Å². The predicted molar refractivity (Wildman–Crippen MR) is 46.2 cm³/mol. The SMILES string of the molecule is CCCCO[C@@H]1C[C@@H](CO)OC1=O. The second-order valence-electron chi connectivity index (χ2n) is 3.19. The number of ether oxygens (including phenoxy) is 2. The fourth-order valence-corrected chi connectivity index (χ4v) is 1.24. The lowest BCUT2D eigenvalue weighted by Crippen LogP contribution is -2.18. The van der Waals surface area contributed by atoms with Gasteiger partial charge in [0, 0.05) is 13.0 Å². The first kappa shape index (κ1) is 10.5. The Morgan fingerprint density at radius 3 is 3.00 bits per heavy atom. The van der Waals surface area contributed by atoms with Crippen molar-refractivity contribution in [3.63, 3.8) is 0 Å². The fourth-order valence-electron chi connectivity index (χ4n) is 1.24. The topological polar surface area (TPSA) is 55.8 Å². The molecule has 1 saturated heterocycles. The zero-order valence-corrected chi connectivity index (χ0v) is 7.86. The number of hydrogen-bond donors (Lipinski definition) is 1. The maximum atomic E-state index is 11.1. The van der Waals surface area contributed by atoms with Crippen LogP contribution in [0.15, 0.2) is 0 Å². The van der Waals surface area contributed by atoms with Gasteiger partial charge in [0.25, 0.3) is 0 Å². The van der Waals surface area contributed by atoms with Crippen LogP contribution in [0.5, 0.6) is 0 Å². The van der Waals surface area contributed by atoms with Gasteiger partial charge in [-0.3, -0.25) is 0 Å². The molecule has 0 aromatic heterocycles. The van der Waals surface area contributed by atoms with Gasteiger partial charge in [-0.25, -0.2) is 4.79 Å². The molecule has 0 unspecified atom stereocenters. The number of carbonyl (C=O) groups excluding carboxylic acids is 1. The molecule has 1 heterocycles. The van der Waals surface area contributed by atoms with Crippen LogP contribution in [0.3, 0.4) is 0 Å². The average Bonchev–Trinajstić information content (AvgIpc) is 2.48. The van der Waals surface area contributed by atoms with E-state index < -0.39 is 6.10 Å². The van der Waals surface area contributed by atoms with Crippen molar-refractivity contribution in [1.82, 2.24) is 0 Å². The zero-order chi connectivity index (χ0) is 9.68. The van der Waals surface area contributed by atoms with Crippen molar-refractivity contribution in [3.05, 3.63) is 0 Å². The Hall–Kier alpha value is -0.610. The lowest BCUT2D eigenvalue weighted by molar-refractivity contribution is -0.150. The molecule has 0 amide bonds. The number of aliphatic hydroxyl groups is 1.